The smallest absolute Gasteiger partial charge is 0.0502 e. The molecule has 1 atom stereocenters. The van der Waals surface area contributed by atoms with Gasteiger partial charge in [-0.1, -0.05) is 106 Å². The highest BCUT2D eigenvalue weighted by atomic mass is 15.2. The van der Waals surface area contributed by atoms with Crippen LogP contribution in [0.4, 0.5) is 17.1 Å². The van der Waals surface area contributed by atoms with Crippen LogP contribution in [0, 0.1) is 11.3 Å². The molecular formula is C38H37N. The van der Waals surface area contributed by atoms with Gasteiger partial charge in [0.25, 0.3) is 0 Å². The number of anilines is 3. The van der Waals surface area contributed by atoms with Crippen molar-refractivity contribution in [3.63, 3.8) is 0 Å². The number of hydrogen-bond acceptors (Lipinski definition) is 1. The Morgan fingerprint density at radius 1 is 0.692 bits per heavy atom. The third kappa shape index (κ3) is 4.07. The second-order valence-corrected chi connectivity index (χ2v) is 12.7. The largest absolute Gasteiger partial charge is 0.310 e. The van der Waals surface area contributed by atoms with E-state index in [0.29, 0.717) is 11.3 Å². The Bertz CT molecular complexity index is 1560. The van der Waals surface area contributed by atoms with Crippen LogP contribution in [0.25, 0.3) is 16.7 Å². The van der Waals surface area contributed by atoms with Crippen LogP contribution in [-0.2, 0) is 5.41 Å². The maximum atomic E-state index is 2.53. The van der Waals surface area contributed by atoms with E-state index < -0.39 is 0 Å². The SMILES string of the molecule is CC1C=CC(c2cc(-c3ccccc3)cc(N3c4ccccc4C4(CCC(C)(C)C4)c4ccccc43)c2)=CC1. The lowest BCUT2D eigenvalue weighted by Crippen LogP contribution is -2.34. The summed E-state index contributed by atoms with van der Waals surface area (Å²) in [7, 11) is 0. The number of nitrogens with zero attached hydrogens (tertiary/aromatic N) is 1. The number of fused-ring (bicyclic) bond motifs is 4. The molecule has 194 valence electrons. The van der Waals surface area contributed by atoms with Gasteiger partial charge in [-0.25, -0.2) is 0 Å². The molecule has 3 aliphatic rings. The van der Waals surface area contributed by atoms with E-state index in [-0.39, 0.29) is 5.41 Å². The summed E-state index contributed by atoms with van der Waals surface area (Å²) in [4.78, 5) is 2.53. The van der Waals surface area contributed by atoms with Gasteiger partial charge in [-0.3, -0.25) is 0 Å². The minimum absolute atomic E-state index is 0.0673. The molecule has 0 bridgehead atoms. The van der Waals surface area contributed by atoms with Crippen molar-refractivity contribution in [3.8, 4) is 11.1 Å². The molecule has 1 aliphatic heterocycles. The van der Waals surface area contributed by atoms with Gasteiger partial charge >= 0.3 is 0 Å². The lowest BCUT2D eigenvalue weighted by Gasteiger charge is -2.44. The Labute approximate surface area is 233 Å². The highest BCUT2D eigenvalue weighted by molar-refractivity contribution is 5.90. The maximum absolute atomic E-state index is 2.53. The molecule has 1 nitrogen and oxygen atoms in total. The Morgan fingerprint density at radius 3 is 1.95 bits per heavy atom. The van der Waals surface area contributed by atoms with E-state index in [1.165, 1.54) is 69.7 Å². The first kappa shape index (κ1) is 24.2. The van der Waals surface area contributed by atoms with Crippen molar-refractivity contribution < 1.29 is 0 Å². The normalized spacial score (nSPS) is 20.4. The first-order valence-electron chi connectivity index (χ1n) is 14.5. The molecule has 1 heterocycles. The van der Waals surface area contributed by atoms with E-state index >= 15 is 0 Å². The van der Waals surface area contributed by atoms with E-state index in [4.69, 9.17) is 0 Å². The van der Waals surface area contributed by atoms with Gasteiger partial charge < -0.3 is 4.90 Å². The summed E-state index contributed by atoms with van der Waals surface area (Å²) in [5, 5.41) is 0. The van der Waals surface area contributed by atoms with Crippen LogP contribution in [0.15, 0.2) is 115 Å². The molecular weight excluding hydrogens is 470 g/mol. The minimum Gasteiger partial charge on any atom is -0.310 e. The fraction of sp³-hybridized carbons (Fsp3) is 0.263. The van der Waals surface area contributed by atoms with Crippen LogP contribution in [0.1, 0.15) is 63.1 Å². The van der Waals surface area contributed by atoms with E-state index in [2.05, 4.69) is 141 Å². The van der Waals surface area contributed by atoms with Crippen molar-refractivity contribution in [3.05, 3.63) is 132 Å². The Hall–Kier alpha value is -3.84. The van der Waals surface area contributed by atoms with Crippen molar-refractivity contribution in [2.45, 2.75) is 51.9 Å². The predicted octanol–water partition coefficient (Wildman–Crippen LogP) is 10.6. The summed E-state index contributed by atoms with van der Waals surface area (Å²) in [6.45, 7) is 7.18. The monoisotopic (exact) mass is 507 g/mol. The standard InChI is InChI=1S/C38H37N/c1-27-17-19-29(20-18-27)31-23-30(28-11-5-4-6-12-28)24-32(25-31)39-35-15-9-7-13-33(35)38(22-21-37(2,3)26-38)34-14-8-10-16-36(34)39/h4-17,19-20,23-25,27H,18,21-22,26H2,1-3H3. The Kier molecular flexibility index (Phi) is 5.67. The molecule has 1 fully saturated rings. The van der Waals surface area contributed by atoms with Gasteiger partial charge in [0.15, 0.2) is 0 Å². The Balaban J connectivity index is 1.46. The Morgan fingerprint density at radius 2 is 1.33 bits per heavy atom. The quantitative estimate of drug-likeness (QED) is 0.266. The molecule has 4 aromatic carbocycles. The summed E-state index contributed by atoms with van der Waals surface area (Å²) in [6.07, 6.45) is 11.8. The third-order valence-corrected chi connectivity index (χ3v) is 9.26. The molecule has 4 aromatic rings. The molecule has 1 unspecified atom stereocenters. The molecule has 1 saturated carbocycles. The average Bonchev–Trinajstić information content (AvgIpc) is 3.30. The van der Waals surface area contributed by atoms with Crippen LogP contribution in [0.5, 0.6) is 0 Å². The summed E-state index contributed by atoms with van der Waals surface area (Å²) in [6, 6.07) is 36.4. The van der Waals surface area contributed by atoms with E-state index in [0.717, 1.165) is 6.42 Å². The number of benzene rings is 4. The number of para-hydroxylation sites is 2. The first-order chi connectivity index (χ1) is 18.9. The second kappa shape index (κ2) is 9.12. The summed E-state index contributed by atoms with van der Waals surface area (Å²) < 4.78 is 0. The molecule has 39 heavy (non-hydrogen) atoms. The maximum Gasteiger partial charge on any atom is 0.0502 e. The van der Waals surface area contributed by atoms with Crippen molar-refractivity contribution in [1.82, 2.24) is 0 Å². The van der Waals surface area contributed by atoms with E-state index in [1.807, 2.05) is 0 Å². The molecule has 0 N–H and O–H groups in total. The summed E-state index contributed by atoms with van der Waals surface area (Å²) in [5.41, 5.74) is 12.3. The lowest BCUT2D eigenvalue weighted by molar-refractivity contribution is 0.356. The van der Waals surface area contributed by atoms with E-state index in [9.17, 15) is 0 Å². The van der Waals surface area contributed by atoms with Crippen molar-refractivity contribution in [2.75, 3.05) is 4.90 Å². The highest BCUT2D eigenvalue weighted by Crippen LogP contribution is 2.62. The van der Waals surface area contributed by atoms with Gasteiger partial charge in [-0.2, -0.15) is 0 Å². The van der Waals surface area contributed by atoms with Crippen molar-refractivity contribution >= 4 is 22.6 Å². The van der Waals surface area contributed by atoms with Gasteiger partial charge in [0.2, 0.25) is 0 Å². The zero-order valence-corrected chi connectivity index (χ0v) is 23.3. The van der Waals surface area contributed by atoms with Crippen LogP contribution in [0.2, 0.25) is 0 Å². The van der Waals surface area contributed by atoms with Gasteiger partial charge in [-0.05, 0) is 101 Å². The lowest BCUT2D eigenvalue weighted by atomic mass is 9.67. The van der Waals surface area contributed by atoms with Gasteiger partial charge in [0, 0.05) is 11.1 Å². The first-order valence-corrected chi connectivity index (χ1v) is 14.5. The van der Waals surface area contributed by atoms with Crippen LogP contribution in [-0.4, -0.2) is 0 Å². The summed E-state index contributed by atoms with van der Waals surface area (Å²) in [5.74, 6) is 0.596. The summed E-state index contributed by atoms with van der Waals surface area (Å²) >= 11 is 0. The van der Waals surface area contributed by atoms with Gasteiger partial charge in [0.1, 0.15) is 0 Å². The highest BCUT2D eigenvalue weighted by Gasteiger charge is 2.50. The number of hydrogen-bond donors (Lipinski definition) is 0. The van der Waals surface area contributed by atoms with Crippen LogP contribution < -0.4 is 4.90 Å². The fourth-order valence-corrected chi connectivity index (χ4v) is 7.35. The van der Waals surface area contributed by atoms with Gasteiger partial charge in [-0.15, -0.1) is 0 Å². The average molecular weight is 508 g/mol. The molecule has 0 saturated heterocycles. The molecule has 1 spiro atoms. The minimum atomic E-state index is 0.0673. The van der Waals surface area contributed by atoms with Crippen molar-refractivity contribution in [2.24, 2.45) is 11.3 Å². The third-order valence-electron chi connectivity index (χ3n) is 9.26. The zero-order chi connectivity index (χ0) is 26.6. The molecule has 2 aliphatic carbocycles. The van der Waals surface area contributed by atoms with Crippen LogP contribution >= 0.6 is 0 Å². The molecule has 7 rings (SSSR count). The number of allylic oxidation sites excluding steroid dienone is 4. The van der Waals surface area contributed by atoms with E-state index in [1.54, 1.807) is 0 Å². The predicted molar refractivity (Wildman–Crippen MR) is 166 cm³/mol. The van der Waals surface area contributed by atoms with Crippen LogP contribution in [0.3, 0.4) is 0 Å². The fourth-order valence-electron chi connectivity index (χ4n) is 7.35. The van der Waals surface area contributed by atoms with Crippen molar-refractivity contribution in [1.29, 1.82) is 0 Å². The second-order valence-electron chi connectivity index (χ2n) is 12.7. The number of rotatable bonds is 3. The topological polar surface area (TPSA) is 3.24 Å². The molecule has 1 heteroatoms. The molecule has 0 radical (unpaired) electrons. The zero-order valence-electron chi connectivity index (χ0n) is 23.3. The molecule has 0 aromatic heterocycles. The van der Waals surface area contributed by atoms with Gasteiger partial charge in [0.05, 0.1) is 11.4 Å². The molecule has 0 amide bonds.